The predicted molar refractivity (Wildman–Crippen MR) is 118 cm³/mol. The van der Waals surface area contributed by atoms with Gasteiger partial charge in [-0.3, -0.25) is 0 Å². The number of nitrogens with one attached hydrogen (secondary N) is 3. The molecule has 0 saturated heterocycles. The summed E-state index contributed by atoms with van der Waals surface area (Å²) in [6.07, 6.45) is -1.24. The molecule has 0 spiro atoms. The lowest BCUT2D eigenvalue weighted by molar-refractivity contribution is -0.137. The van der Waals surface area contributed by atoms with Gasteiger partial charge in [-0.2, -0.15) is 13.2 Å². The number of carbonyl (C=O) groups is 1. The van der Waals surface area contributed by atoms with E-state index in [1.54, 1.807) is 36.7 Å². The van der Waals surface area contributed by atoms with E-state index in [0.717, 1.165) is 22.6 Å². The second-order valence-electron chi connectivity index (χ2n) is 6.93. The third kappa shape index (κ3) is 4.71. The summed E-state index contributed by atoms with van der Waals surface area (Å²) in [5.41, 5.74) is 2.02. The molecule has 1 atom stereocenters. The molecule has 0 fully saturated rings. The maximum atomic E-state index is 12.6. The largest absolute Gasteiger partial charge is 0.612 e. The summed E-state index contributed by atoms with van der Waals surface area (Å²) in [5.74, 6) is 0. The molecular formula is C22H17F3N4O2S. The number of anilines is 2. The molecule has 3 N–H and O–H groups in total. The van der Waals surface area contributed by atoms with Gasteiger partial charge in [0.1, 0.15) is 11.9 Å². The number of halogens is 3. The maximum absolute atomic E-state index is 12.6. The number of rotatable bonds is 4. The lowest BCUT2D eigenvalue weighted by Crippen LogP contribution is -2.19. The lowest BCUT2D eigenvalue weighted by atomic mass is 10.1. The van der Waals surface area contributed by atoms with Crippen LogP contribution in [0.2, 0.25) is 0 Å². The number of H-pyrrole nitrogens is 1. The Kier molecular flexibility index (Phi) is 5.81. The number of alkyl halides is 3. The Balaban J connectivity index is 1.47. The first kappa shape index (κ1) is 21.7. The van der Waals surface area contributed by atoms with Crippen LogP contribution in [-0.2, 0) is 17.4 Å². The molecule has 6 nitrogen and oxygen atoms in total. The molecule has 32 heavy (non-hydrogen) atoms. The molecule has 2 aromatic heterocycles. The molecule has 2 aromatic carbocycles. The van der Waals surface area contributed by atoms with Crippen molar-refractivity contribution in [3.8, 4) is 11.3 Å². The fraction of sp³-hybridized carbons (Fsp3) is 0.0909. The highest BCUT2D eigenvalue weighted by molar-refractivity contribution is 7.90. The average Bonchev–Trinajstić information content (AvgIpc) is 3.15. The van der Waals surface area contributed by atoms with E-state index in [0.29, 0.717) is 22.4 Å². The van der Waals surface area contributed by atoms with Gasteiger partial charge in [-0.1, -0.05) is 0 Å². The Morgan fingerprint density at radius 2 is 1.69 bits per heavy atom. The average molecular weight is 458 g/mol. The van der Waals surface area contributed by atoms with Crippen LogP contribution in [0, 0.1) is 0 Å². The molecule has 0 saturated carbocycles. The Bertz CT molecular complexity index is 1250. The van der Waals surface area contributed by atoms with E-state index in [1.807, 2.05) is 12.1 Å². The summed E-state index contributed by atoms with van der Waals surface area (Å²) >= 11 is -1.06. The summed E-state index contributed by atoms with van der Waals surface area (Å²) in [5, 5.41) is 5.83. The van der Waals surface area contributed by atoms with Crippen LogP contribution in [0.3, 0.4) is 0 Å². The molecular weight excluding hydrogens is 441 g/mol. The van der Waals surface area contributed by atoms with Crippen LogP contribution in [0.25, 0.3) is 22.3 Å². The zero-order chi connectivity index (χ0) is 22.9. The molecule has 0 aliphatic rings. The second-order valence-corrected chi connectivity index (χ2v) is 8.31. The molecule has 0 aliphatic heterocycles. The first-order valence-electron chi connectivity index (χ1n) is 9.38. The molecule has 10 heteroatoms. The maximum Gasteiger partial charge on any atom is 0.416 e. The van der Waals surface area contributed by atoms with E-state index >= 15 is 0 Å². The van der Waals surface area contributed by atoms with Gasteiger partial charge in [-0.25, -0.2) is 9.78 Å². The van der Waals surface area contributed by atoms with Gasteiger partial charge >= 0.3 is 12.2 Å². The number of carbonyl (C=O) groups excluding carboxylic acids is 1. The number of fused-ring (bicyclic) bond motifs is 1. The van der Waals surface area contributed by atoms with Gasteiger partial charge in [0.05, 0.1) is 16.9 Å². The summed E-state index contributed by atoms with van der Waals surface area (Å²) in [6.45, 7) is 0. The van der Waals surface area contributed by atoms with E-state index in [9.17, 15) is 22.5 Å². The minimum Gasteiger partial charge on any atom is -0.612 e. The summed E-state index contributed by atoms with van der Waals surface area (Å²) in [4.78, 5) is 20.5. The summed E-state index contributed by atoms with van der Waals surface area (Å²) in [7, 11) is 0. The molecule has 1 unspecified atom stereocenters. The van der Waals surface area contributed by atoms with Gasteiger partial charge in [0.2, 0.25) is 0 Å². The summed E-state index contributed by atoms with van der Waals surface area (Å²) < 4.78 is 49.5. The van der Waals surface area contributed by atoms with Crippen LogP contribution >= 0.6 is 0 Å². The predicted octanol–water partition coefficient (Wildman–Crippen LogP) is 5.63. The number of hydrogen-bond acceptors (Lipinski definition) is 3. The minimum absolute atomic E-state index is 0.229. The Hall–Kier alpha value is -3.50. The molecule has 4 aromatic rings. The van der Waals surface area contributed by atoms with Gasteiger partial charge in [0.25, 0.3) is 0 Å². The van der Waals surface area contributed by atoms with Crippen molar-refractivity contribution < 1.29 is 22.5 Å². The number of benzene rings is 2. The molecule has 0 bridgehead atoms. The van der Waals surface area contributed by atoms with Crippen molar-refractivity contribution in [1.82, 2.24) is 9.97 Å². The van der Waals surface area contributed by atoms with Gasteiger partial charge in [0, 0.05) is 22.8 Å². The van der Waals surface area contributed by atoms with Gasteiger partial charge in [-0.05, 0) is 71.8 Å². The highest BCUT2D eigenvalue weighted by atomic mass is 32.2. The molecule has 0 aliphatic carbocycles. The molecule has 2 amide bonds. The topological polar surface area (TPSA) is 92.9 Å². The smallest absolute Gasteiger partial charge is 0.416 e. The van der Waals surface area contributed by atoms with E-state index in [2.05, 4.69) is 20.6 Å². The molecule has 2 heterocycles. The van der Waals surface area contributed by atoms with Crippen molar-refractivity contribution in [3.05, 3.63) is 72.4 Å². The van der Waals surface area contributed by atoms with Gasteiger partial charge < -0.3 is 20.2 Å². The number of amides is 2. The number of urea groups is 1. The van der Waals surface area contributed by atoms with Crippen molar-refractivity contribution in [1.29, 1.82) is 0 Å². The number of pyridine rings is 1. The van der Waals surface area contributed by atoms with E-state index in [4.69, 9.17) is 0 Å². The van der Waals surface area contributed by atoms with Crippen LogP contribution < -0.4 is 10.6 Å². The Morgan fingerprint density at radius 3 is 2.31 bits per heavy atom. The van der Waals surface area contributed by atoms with E-state index in [-0.39, 0.29) is 5.69 Å². The highest BCUT2D eigenvalue weighted by Crippen LogP contribution is 2.30. The lowest BCUT2D eigenvalue weighted by Gasteiger charge is -2.09. The van der Waals surface area contributed by atoms with E-state index in [1.165, 1.54) is 12.1 Å². The fourth-order valence-corrected chi connectivity index (χ4v) is 3.63. The highest BCUT2D eigenvalue weighted by Gasteiger charge is 2.30. The SMILES string of the molecule is C[S+]([O-])c1ccc(-c2ccc3c(NC(=O)Nc4ccc(C(F)(F)F)cc4)c[nH]c3n2)cc1. The number of aromatic nitrogens is 2. The molecule has 4 rings (SSSR count). The van der Waals surface area contributed by atoms with Crippen molar-refractivity contribution >= 4 is 39.6 Å². The first-order chi connectivity index (χ1) is 15.2. The van der Waals surface area contributed by atoms with E-state index < -0.39 is 28.9 Å². The zero-order valence-corrected chi connectivity index (χ0v) is 17.5. The van der Waals surface area contributed by atoms with Crippen LogP contribution in [0.5, 0.6) is 0 Å². The number of aromatic amines is 1. The van der Waals surface area contributed by atoms with Crippen LogP contribution in [0.15, 0.2) is 71.8 Å². The van der Waals surface area contributed by atoms with Crippen molar-refractivity contribution in [2.75, 3.05) is 16.9 Å². The third-order valence-corrected chi connectivity index (χ3v) is 5.67. The fourth-order valence-electron chi connectivity index (χ4n) is 3.11. The monoisotopic (exact) mass is 458 g/mol. The third-order valence-electron chi connectivity index (χ3n) is 4.74. The Morgan fingerprint density at radius 1 is 1.00 bits per heavy atom. The molecule has 164 valence electrons. The van der Waals surface area contributed by atoms with Crippen molar-refractivity contribution in [2.24, 2.45) is 0 Å². The standard InChI is InChI=1S/C22H17F3N4O2S/c1-32(31)16-8-2-13(3-9-16)18-11-10-17-19(12-26-20(17)28-18)29-21(30)27-15-6-4-14(5-7-15)22(23,24)25/h2-12H,1H3,(H,26,28)(H2,27,29,30). The minimum atomic E-state index is -4.44. The van der Waals surface area contributed by atoms with Crippen molar-refractivity contribution in [2.45, 2.75) is 11.1 Å². The van der Waals surface area contributed by atoms with Crippen LogP contribution in [-0.4, -0.2) is 26.8 Å². The van der Waals surface area contributed by atoms with Crippen LogP contribution in [0.1, 0.15) is 5.56 Å². The number of nitrogens with zero attached hydrogens (tertiary/aromatic N) is 1. The van der Waals surface area contributed by atoms with Gasteiger partial charge in [0.15, 0.2) is 4.90 Å². The zero-order valence-electron chi connectivity index (χ0n) is 16.7. The second kappa shape index (κ2) is 8.56. The molecule has 0 radical (unpaired) electrons. The van der Waals surface area contributed by atoms with Gasteiger partial charge in [-0.15, -0.1) is 0 Å². The quantitative estimate of drug-likeness (QED) is 0.346. The number of hydrogen-bond donors (Lipinski definition) is 3. The summed E-state index contributed by atoms with van der Waals surface area (Å²) in [6, 6.07) is 14.4. The van der Waals surface area contributed by atoms with Crippen LogP contribution in [0.4, 0.5) is 29.3 Å². The first-order valence-corrected chi connectivity index (χ1v) is 10.9. The van der Waals surface area contributed by atoms with Crippen molar-refractivity contribution in [3.63, 3.8) is 0 Å². The Labute approximate surface area is 184 Å². The normalized spacial score (nSPS) is 12.5.